The molecule has 1 N–H and O–H groups in total. The van der Waals surface area contributed by atoms with Gasteiger partial charge in [0.25, 0.3) is 6.43 Å². The lowest BCUT2D eigenvalue weighted by molar-refractivity contribution is 0.143. The summed E-state index contributed by atoms with van der Waals surface area (Å²) in [6.45, 7) is 3.57. The van der Waals surface area contributed by atoms with Crippen molar-refractivity contribution in [3.8, 4) is 0 Å². The van der Waals surface area contributed by atoms with E-state index in [-0.39, 0.29) is 46.3 Å². The van der Waals surface area contributed by atoms with Crippen molar-refractivity contribution in [2.75, 3.05) is 0 Å². The van der Waals surface area contributed by atoms with Crippen LogP contribution in [0.1, 0.15) is 24.1 Å². The Morgan fingerprint density at radius 2 is 2.04 bits per heavy atom. The molecule has 124 valence electrons. The monoisotopic (exact) mass is 333 g/mol. The molecule has 0 bridgehead atoms. The molecule has 0 spiro atoms. The lowest BCUT2D eigenvalue weighted by Crippen LogP contribution is -2.16. The Morgan fingerprint density at radius 1 is 1.29 bits per heavy atom. The average Bonchev–Trinajstić information content (AvgIpc) is 2.96. The Morgan fingerprint density at radius 3 is 2.75 bits per heavy atom. The summed E-state index contributed by atoms with van der Waals surface area (Å²) in [5, 5.41) is 14.5. The topological polar surface area (TPSA) is 50.4 Å². The molecule has 0 aliphatic heterocycles. The molecule has 0 aliphatic rings. The van der Waals surface area contributed by atoms with Crippen LogP contribution in [0, 0.1) is 5.82 Å². The largest absolute Gasteiger partial charge is 0.511 e. The van der Waals surface area contributed by atoms with Gasteiger partial charge in [0.2, 0.25) is 0 Å². The van der Waals surface area contributed by atoms with Gasteiger partial charge in [-0.25, -0.2) is 22.7 Å². The number of rotatable bonds is 4. The van der Waals surface area contributed by atoms with Crippen molar-refractivity contribution in [1.82, 2.24) is 14.6 Å². The smallest absolute Gasteiger partial charge is 0.280 e. The van der Waals surface area contributed by atoms with E-state index < -0.39 is 6.43 Å². The van der Waals surface area contributed by atoms with E-state index in [0.29, 0.717) is 5.56 Å². The van der Waals surface area contributed by atoms with Crippen LogP contribution in [0.5, 0.6) is 0 Å². The number of halogens is 3. The molecule has 2 heterocycles. The van der Waals surface area contributed by atoms with E-state index in [0.717, 1.165) is 10.6 Å². The Hall–Kier alpha value is -2.83. The minimum Gasteiger partial charge on any atom is -0.511 e. The fraction of sp³-hybridized carbons (Fsp3) is 0.176. The molecule has 0 saturated carbocycles. The molecule has 2 aromatic heterocycles. The van der Waals surface area contributed by atoms with Gasteiger partial charge in [-0.2, -0.15) is 5.10 Å². The maximum absolute atomic E-state index is 13.6. The maximum Gasteiger partial charge on any atom is 0.280 e. The van der Waals surface area contributed by atoms with E-state index in [2.05, 4.69) is 16.7 Å². The zero-order valence-electron chi connectivity index (χ0n) is 12.6. The first-order valence-electron chi connectivity index (χ1n) is 7.24. The molecule has 0 atom stereocenters. The molecule has 24 heavy (non-hydrogen) atoms. The van der Waals surface area contributed by atoms with Crippen LogP contribution in [0.4, 0.5) is 13.2 Å². The zero-order valence-corrected chi connectivity index (χ0v) is 12.6. The zero-order chi connectivity index (χ0) is 17.3. The van der Waals surface area contributed by atoms with Crippen LogP contribution < -0.4 is 10.6 Å². The third kappa shape index (κ3) is 2.97. The summed E-state index contributed by atoms with van der Waals surface area (Å²) in [6, 6.07) is 7.40. The number of benzene rings is 1. The number of alkyl halides is 2. The van der Waals surface area contributed by atoms with Crippen LogP contribution in [0.25, 0.3) is 18.0 Å². The van der Waals surface area contributed by atoms with Gasteiger partial charge in [0, 0.05) is 6.42 Å². The summed E-state index contributed by atoms with van der Waals surface area (Å²) in [5.41, 5.74) is 0.210. The average molecular weight is 333 g/mol. The highest BCUT2D eigenvalue weighted by Crippen LogP contribution is 2.16. The SMILES string of the molecule is C=c1cc(C(F)F)n2ncc(=C(O)CCc3ccccc3F)c2n1. The molecule has 0 fully saturated rings. The summed E-state index contributed by atoms with van der Waals surface area (Å²) in [7, 11) is 0. The first-order valence-corrected chi connectivity index (χ1v) is 7.24. The van der Waals surface area contributed by atoms with E-state index in [1.807, 2.05) is 0 Å². The first-order chi connectivity index (χ1) is 11.5. The lowest BCUT2D eigenvalue weighted by atomic mass is 10.1. The van der Waals surface area contributed by atoms with Gasteiger partial charge in [-0.1, -0.05) is 24.8 Å². The van der Waals surface area contributed by atoms with Crippen molar-refractivity contribution >= 4 is 18.0 Å². The van der Waals surface area contributed by atoms with Crippen molar-refractivity contribution in [2.45, 2.75) is 19.3 Å². The van der Waals surface area contributed by atoms with Gasteiger partial charge in [0.05, 0.1) is 16.8 Å². The number of aliphatic hydroxyl groups excluding tert-OH is 1. The molecule has 0 saturated heterocycles. The number of aliphatic hydroxyl groups is 1. The summed E-state index contributed by atoms with van der Waals surface area (Å²) in [5.74, 6) is -0.449. The van der Waals surface area contributed by atoms with Crippen LogP contribution >= 0.6 is 0 Å². The van der Waals surface area contributed by atoms with Crippen LogP contribution in [0.2, 0.25) is 0 Å². The van der Waals surface area contributed by atoms with Crippen LogP contribution in [-0.2, 0) is 6.42 Å². The van der Waals surface area contributed by atoms with E-state index >= 15 is 0 Å². The Kier molecular flexibility index (Phi) is 4.24. The molecular weight excluding hydrogens is 319 g/mol. The Balaban J connectivity index is 2.03. The van der Waals surface area contributed by atoms with Crippen molar-refractivity contribution in [1.29, 1.82) is 0 Å². The molecule has 0 amide bonds. The van der Waals surface area contributed by atoms with Gasteiger partial charge in [-0.05, 0) is 24.1 Å². The standard InChI is InChI=1S/C17H14F3N3O/c1-10-8-14(16(19)20)23-17(22-10)12(9-21-23)15(24)7-6-11-4-2-3-5-13(11)18/h2-5,8-9,16,24H,1,6-7H2. The quantitative estimate of drug-likeness (QED) is 0.798. The third-order valence-electron chi connectivity index (χ3n) is 3.68. The van der Waals surface area contributed by atoms with Gasteiger partial charge >= 0.3 is 0 Å². The summed E-state index contributed by atoms with van der Waals surface area (Å²) in [4.78, 5) is 4.07. The predicted molar refractivity (Wildman–Crippen MR) is 83.5 cm³/mol. The Labute approximate surface area is 135 Å². The highest BCUT2D eigenvalue weighted by Gasteiger charge is 2.15. The summed E-state index contributed by atoms with van der Waals surface area (Å²) >= 11 is 0. The number of nitrogens with zero attached hydrogens (tertiary/aromatic N) is 3. The second-order valence-electron chi connectivity index (χ2n) is 5.30. The number of aromatic nitrogens is 3. The summed E-state index contributed by atoms with van der Waals surface area (Å²) in [6.07, 6.45) is -1.08. The molecule has 0 radical (unpaired) electrons. The molecule has 4 nitrogen and oxygen atoms in total. The third-order valence-corrected chi connectivity index (χ3v) is 3.68. The highest BCUT2D eigenvalue weighted by molar-refractivity contribution is 5.50. The van der Waals surface area contributed by atoms with Crippen molar-refractivity contribution in [2.24, 2.45) is 0 Å². The molecule has 1 aromatic carbocycles. The fourth-order valence-corrected chi connectivity index (χ4v) is 2.49. The van der Waals surface area contributed by atoms with Crippen LogP contribution in [0.3, 0.4) is 0 Å². The first kappa shape index (κ1) is 16.0. The van der Waals surface area contributed by atoms with E-state index in [4.69, 9.17) is 0 Å². The molecule has 7 heteroatoms. The predicted octanol–water partition coefficient (Wildman–Crippen LogP) is 2.52. The lowest BCUT2D eigenvalue weighted by Gasteiger charge is -2.04. The fourth-order valence-electron chi connectivity index (χ4n) is 2.49. The number of fused-ring (bicyclic) bond motifs is 1. The van der Waals surface area contributed by atoms with E-state index in [1.165, 1.54) is 12.3 Å². The van der Waals surface area contributed by atoms with Crippen LogP contribution in [0.15, 0.2) is 36.5 Å². The molecule has 0 unspecified atom stereocenters. The van der Waals surface area contributed by atoms with E-state index in [1.54, 1.807) is 18.2 Å². The van der Waals surface area contributed by atoms with E-state index in [9.17, 15) is 18.3 Å². The van der Waals surface area contributed by atoms with Gasteiger partial charge in [0.1, 0.15) is 17.3 Å². The van der Waals surface area contributed by atoms with Gasteiger partial charge in [-0.3, -0.25) is 0 Å². The van der Waals surface area contributed by atoms with Gasteiger partial charge < -0.3 is 5.11 Å². The number of hydrogen-bond acceptors (Lipinski definition) is 3. The number of hydrogen-bond donors (Lipinski definition) is 1. The highest BCUT2D eigenvalue weighted by atomic mass is 19.3. The minimum absolute atomic E-state index is 0.0911. The van der Waals surface area contributed by atoms with Crippen molar-refractivity contribution in [3.63, 3.8) is 0 Å². The van der Waals surface area contributed by atoms with Gasteiger partial charge in [0.15, 0.2) is 5.65 Å². The minimum atomic E-state index is -2.75. The molecule has 3 rings (SSSR count). The molecular formula is C17H14F3N3O. The summed E-state index contributed by atoms with van der Waals surface area (Å²) < 4.78 is 40.7. The normalized spacial score (nSPS) is 12.8. The molecule has 3 aromatic rings. The van der Waals surface area contributed by atoms with Gasteiger partial charge in [-0.15, -0.1) is 0 Å². The second kappa shape index (κ2) is 6.35. The van der Waals surface area contributed by atoms with Crippen molar-refractivity contribution < 1.29 is 18.3 Å². The van der Waals surface area contributed by atoms with Crippen molar-refractivity contribution in [3.05, 3.63) is 64.2 Å². The maximum atomic E-state index is 13.6. The Bertz CT molecular complexity index is 998. The van der Waals surface area contributed by atoms with Crippen LogP contribution in [-0.4, -0.2) is 19.7 Å². The molecule has 0 aliphatic carbocycles. The second-order valence-corrected chi connectivity index (χ2v) is 5.30. The number of aryl methyl sites for hydroxylation is 1.